The molecule has 1 aromatic rings. The molecule has 0 saturated carbocycles. The van der Waals surface area contributed by atoms with Crippen molar-refractivity contribution in [3.05, 3.63) is 29.8 Å². The Labute approximate surface area is 156 Å². The first-order chi connectivity index (χ1) is 12.3. The maximum Gasteiger partial charge on any atom is 0.317 e. The molecule has 0 radical (unpaired) electrons. The Morgan fingerprint density at radius 1 is 1.23 bits per heavy atom. The first-order valence-electron chi connectivity index (χ1n) is 9.23. The Hall–Kier alpha value is -2.24. The van der Waals surface area contributed by atoms with Crippen molar-refractivity contribution in [3.63, 3.8) is 0 Å². The van der Waals surface area contributed by atoms with E-state index in [1.54, 1.807) is 7.11 Å². The van der Waals surface area contributed by atoms with Gasteiger partial charge in [-0.05, 0) is 57.2 Å². The van der Waals surface area contributed by atoms with Gasteiger partial charge in [-0.3, -0.25) is 4.79 Å². The number of urea groups is 1. The lowest BCUT2D eigenvalue weighted by Gasteiger charge is -2.34. The van der Waals surface area contributed by atoms with Crippen molar-refractivity contribution in [2.24, 2.45) is 5.92 Å². The highest BCUT2D eigenvalue weighted by molar-refractivity contribution is 5.78. The summed E-state index contributed by atoms with van der Waals surface area (Å²) < 4.78 is 5.18. The third kappa shape index (κ3) is 6.58. The molecule has 1 aromatic carbocycles. The number of piperidine rings is 1. The van der Waals surface area contributed by atoms with Crippen molar-refractivity contribution >= 4 is 11.9 Å². The lowest BCUT2D eigenvalue weighted by atomic mass is 9.96. The maximum absolute atomic E-state index is 12.2. The standard InChI is InChI=1S/C20H31N3O3/c1-20(2,3)22-19(25)23-10-8-15(9-11-23)14-21-18(24)13-16-6-5-7-17(12-16)26-4/h5-7,12,15H,8-11,13-14H2,1-4H3,(H,21,24)(H,22,25). The minimum absolute atomic E-state index is 0.00184. The summed E-state index contributed by atoms with van der Waals surface area (Å²) in [5.41, 5.74) is 0.720. The van der Waals surface area contributed by atoms with Crippen LogP contribution in [-0.4, -0.2) is 49.1 Å². The van der Waals surface area contributed by atoms with Gasteiger partial charge in [0.25, 0.3) is 0 Å². The van der Waals surface area contributed by atoms with Crippen LogP contribution < -0.4 is 15.4 Å². The van der Waals surface area contributed by atoms with Gasteiger partial charge in [0.1, 0.15) is 5.75 Å². The van der Waals surface area contributed by atoms with E-state index >= 15 is 0 Å². The van der Waals surface area contributed by atoms with Gasteiger partial charge < -0.3 is 20.3 Å². The second-order valence-electron chi connectivity index (χ2n) is 7.94. The number of nitrogens with zero attached hydrogens (tertiary/aromatic N) is 1. The second-order valence-corrected chi connectivity index (χ2v) is 7.94. The molecule has 26 heavy (non-hydrogen) atoms. The van der Waals surface area contributed by atoms with Crippen molar-refractivity contribution in [2.45, 2.75) is 45.6 Å². The number of hydrogen-bond donors (Lipinski definition) is 2. The SMILES string of the molecule is COc1cccc(CC(=O)NCC2CCN(C(=O)NC(C)(C)C)CC2)c1. The van der Waals surface area contributed by atoms with E-state index in [1.165, 1.54) is 0 Å². The highest BCUT2D eigenvalue weighted by atomic mass is 16.5. The topological polar surface area (TPSA) is 70.7 Å². The van der Waals surface area contributed by atoms with E-state index in [0.29, 0.717) is 18.9 Å². The predicted molar refractivity (Wildman–Crippen MR) is 102 cm³/mol. The average molecular weight is 361 g/mol. The second kappa shape index (κ2) is 8.92. The molecule has 144 valence electrons. The summed E-state index contributed by atoms with van der Waals surface area (Å²) in [6.45, 7) is 8.08. The molecule has 2 N–H and O–H groups in total. The van der Waals surface area contributed by atoms with Gasteiger partial charge in [-0.15, -0.1) is 0 Å². The molecule has 1 aliphatic heterocycles. The van der Waals surface area contributed by atoms with E-state index in [1.807, 2.05) is 49.9 Å². The predicted octanol–water partition coefficient (Wildman–Crippen LogP) is 2.57. The van der Waals surface area contributed by atoms with Gasteiger partial charge in [-0.25, -0.2) is 4.79 Å². The Morgan fingerprint density at radius 2 is 1.92 bits per heavy atom. The molecule has 0 spiro atoms. The minimum Gasteiger partial charge on any atom is -0.497 e. The summed E-state index contributed by atoms with van der Waals surface area (Å²) in [6, 6.07) is 7.56. The summed E-state index contributed by atoms with van der Waals surface area (Å²) in [6.07, 6.45) is 2.18. The van der Waals surface area contributed by atoms with Crippen LogP contribution in [0.15, 0.2) is 24.3 Å². The van der Waals surface area contributed by atoms with Gasteiger partial charge in [-0.2, -0.15) is 0 Å². The smallest absolute Gasteiger partial charge is 0.317 e. The van der Waals surface area contributed by atoms with Crippen molar-refractivity contribution < 1.29 is 14.3 Å². The Bertz CT molecular complexity index is 617. The van der Waals surface area contributed by atoms with Crippen molar-refractivity contribution in [1.29, 1.82) is 0 Å². The van der Waals surface area contributed by atoms with Crippen molar-refractivity contribution in [3.8, 4) is 5.75 Å². The van der Waals surface area contributed by atoms with Gasteiger partial charge in [-0.1, -0.05) is 12.1 Å². The molecule has 1 aliphatic rings. The first-order valence-corrected chi connectivity index (χ1v) is 9.23. The minimum atomic E-state index is -0.220. The number of methoxy groups -OCH3 is 1. The molecule has 0 atom stereocenters. The maximum atomic E-state index is 12.2. The molecule has 6 nitrogen and oxygen atoms in total. The number of likely N-dealkylation sites (tertiary alicyclic amines) is 1. The number of rotatable bonds is 5. The van der Waals surface area contributed by atoms with Crippen LogP contribution in [0.2, 0.25) is 0 Å². The van der Waals surface area contributed by atoms with Crippen LogP contribution in [0.3, 0.4) is 0 Å². The monoisotopic (exact) mass is 361 g/mol. The molecule has 2 rings (SSSR count). The fourth-order valence-electron chi connectivity index (χ4n) is 3.03. The Morgan fingerprint density at radius 3 is 2.54 bits per heavy atom. The van der Waals surface area contributed by atoms with Crippen LogP contribution in [0.25, 0.3) is 0 Å². The number of hydrogen-bond acceptors (Lipinski definition) is 3. The summed E-state index contributed by atoms with van der Waals surface area (Å²) in [4.78, 5) is 26.2. The van der Waals surface area contributed by atoms with Crippen LogP contribution in [0.1, 0.15) is 39.2 Å². The normalized spacial score (nSPS) is 15.5. The molecular weight excluding hydrogens is 330 g/mol. The number of nitrogens with one attached hydrogen (secondary N) is 2. The molecule has 0 unspecified atom stereocenters. The van der Waals surface area contributed by atoms with Gasteiger partial charge in [0.2, 0.25) is 5.91 Å². The molecular formula is C20H31N3O3. The fourth-order valence-corrected chi connectivity index (χ4v) is 3.03. The van der Waals surface area contributed by atoms with Gasteiger partial charge in [0, 0.05) is 25.2 Å². The number of ether oxygens (including phenoxy) is 1. The quantitative estimate of drug-likeness (QED) is 0.847. The number of carbonyl (C=O) groups excluding carboxylic acids is 2. The van der Waals surface area contributed by atoms with Crippen LogP contribution in [0.4, 0.5) is 4.79 Å². The zero-order chi connectivity index (χ0) is 19.2. The van der Waals surface area contributed by atoms with Crippen LogP contribution in [-0.2, 0) is 11.2 Å². The Balaban J connectivity index is 1.71. The number of benzene rings is 1. The molecule has 6 heteroatoms. The molecule has 1 saturated heterocycles. The first kappa shape index (κ1) is 20.1. The summed E-state index contributed by atoms with van der Waals surface area (Å²) >= 11 is 0. The summed E-state index contributed by atoms with van der Waals surface area (Å²) in [5.74, 6) is 1.20. The van der Waals surface area contributed by atoms with Crippen LogP contribution in [0, 0.1) is 5.92 Å². The van der Waals surface area contributed by atoms with Crippen LogP contribution in [0.5, 0.6) is 5.75 Å². The van der Waals surface area contributed by atoms with Gasteiger partial charge in [0.15, 0.2) is 0 Å². The van der Waals surface area contributed by atoms with E-state index in [9.17, 15) is 9.59 Å². The summed E-state index contributed by atoms with van der Waals surface area (Å²) in [7, 11) is 1.62. The molecule has 0 aliphatic carbocycles. The van der Waals surface area contributed by atoms with Gasteiger partial charge >= 0.3 is 6.03 Å². The van der Waals surface area contributed by atoms with E-state index in [2.05, 4.69) is 10.6 Å². The molecule has 0 bridgehead atoms. The average Bonchev–Trinajstić information content (AvgIpc) is 2.59. The van der Waals surface area contributed by atoms with Gasteiger partial charge in [0.05, 0.1) is 13.5 Å². The van der Waals surface area contributed by atoms with E-state index in [4.69, 9.17) is 4.74 Å². The summed E-state index contributed by atoms with van der Waals surface area (Å²) in [5, 5.41) is 6.02. The number of amides is 3. The molecule has 1 heterocycles. The molecule has 1 fully saturated rings. The fraction of sp³-hybridized carbons (Fsp3) is 0.600. The van der Waals surface area contributed by atoms with Crippen molar-refractivity contribution in [2.75, 3.05) is 26.7 Å². The Kier molecular flexibility index (Phi) is 6.89. The highest BCUT2D eigenvalue weighted by Crippen LogP contribution is 2.17. The third-order valence-corrected chi connectivity index (χ3v) is 4.47. The molecule has 0 aromatic heterocycles. The third-order valence-electron chi connectivity index (χ3n) is 4.47. The zero-order valence-corrected chi connectivity index (χ0v) is 16.3. The van der Waals surface area contributed by atoms with E-state index in [0.717, 1.165) is 37.2 Å². The molecule has 3 amide bonds. The van der Waals surface area contributed by atoms with E-state index < -0.39 is 0 Å². The van der Waals surface area contributed by atoms with Crippen LogP contribution >= 0.6 is 0 Å². The largest absolute Gasteiger partial charge is 0.497 e. The highest BCUT2D eigenvalue weighted by Gasteiger charge is 2.25. The van der Waals surface area contributed by atoms with E-state index in [-0.39, 0.29) is 17.5 Å². The lowest BCUT2D eigenvalue weighted by Crippen LogP contribution is -2.51. The van der Waals surface area contributed by atoms with Crippen molar-refractivity contribution in [1.82, 2.24) is 15.5 Å². The number of carbonyl (C=O) groups is 2. The lowest BCUT2D eigenvalue weighted by molar-refractivity contribution is -0.120. The zero-order valence-electron chi connectivity index (χ0n) is 16.3.